The SMILES string of the molecule is C=C(CC(C)C)Nc1cncc(-c2ccc3[nH]nc(-c4cc(/C(=C\C=C/C)c5ccccn5)c(C)[nH]4)c3n2)c1. The van der Waals surface area contributed by atoms with Crippen molar-refractivity contribution in [2.75, 3.05) is 5.32 Å². The van der Waals surface area contributed by atoms with E-state index in [4.69, 9.17) is 4.98 Å². The first-order valence-electron chi connectivity index (χ1n) is 13.1. The van der Waals surface area contributed by atoms with Crippen LogP contribution in [0.4, 0.5) is 5.69 Å². The number of aromatic amines is 2. The summed E-state index contributed by atoms with van der Waals surface area (Å²) in [5.41, 5.74) is 11.0. The first kappa shape index (κ1) is 25.9. The van der Waals surface area contributed by atoms with Crippen molar-refractivity contribution in [3.63, 3.8) is 0 Å². The molecule has 0 aromatic carbocycles. The van der Waals surface area contributed by atoms with Gasteiger partial charge in [0, 0.05) is 40.5 Å². The van der Waals surface area contributed by atoms with Crippen LogP contribution in [0.1, 0.15) is 44.1 Å². The lowest BCUT2D eigenvalue weighted by Crippen LogP contribution is -2.02. The van der Waals surface area contributed by atoms with Gasteiger partial charge in [-0.25, -0.2) is 4.98 Å². The van der Waals surface area contributed by atoms with Crippen molar-refractivity contribution in [1.29, 1.82) is 0 Å². The standard InChI is InChI=1S/C32H33N7/c1-6-7-10-25(28-11-8-9-14-34-28)26-17-30(36-22(26)5)32-31-29(38-39-32)13-12-27(37-31)23-16-24(19-33-18-23)35-21(4)15-20(2)3/h6-14,16-20,35-36H,4,15H2,1-3,5H3,(H,38,39)/b7-6-,25-10+. The zero-order chi connectivity index (χ0) is 27.4. The van der Waals surface area contributed by atoms with Crippen LogP contribution >= 0.6 is 0 Å². The fraction of sp³-hybridized carbons (Fsp3) is 0.188. The molecule has 0 aliphatic carbocycles. The fourth-order valence-corrected chi connectivity index (χ4v) is 4.64. The van der Waals surface area contributed by atoms with Gasteiger partial charge >= 0.3 is 0 Å². The molecule has 196 valence electrons. The molecular weight excluding hydrogens is 482 g/mol. The lowest BCUT2D eigenvalue weighted by atomic mass is 10.0. The monoisotopic (exact) mass is 515 g/mol. The third-order valence-electron chi connectivity index (χ3n) is 6.37. The largest absolute Gasteiger partial charge is 0.358 e. The number of allylic oxidation sites excluding steroid dienone is 4. The number of hydrogen-bond acceptors (Lipinski definition) is 5. The van der Waals surface area contributed by atoms with Gasteiger partial charge in [-0.15, -0.1) is 0 Å². The molecule has 0 bridgehead atoms. The molecule has 7 nitrogen and oxygen atoms in total. The predicted molar refractivity (Wildman–Crippen MR) is 160 cm³/mol. The summed E-state index contributed by atoms with van der Waals surface area (Å²) < 4.78 is 0. The zero-order valence-corrected chi connectivity index (χ0v) is 22.8. The quantitative estimate of drug-likeness (QED) is 0.175. The summed E-state index contributed by atoms with van der Waals surface area (Å²) in [4.78, 5) is 17.6. The topological polar surface area (TPSA) is 95.2 Å². The van der Waals surface area contributed by atoms with Crippen molar-refractivity contribution in [2.45, 2.75) is 34.1 Å². The van der Waals surface area contributed by atoms with Crippen molar-refractivity contribution < 1.29 is 0 Å². The molecule has 0 aliphatic heterocycles. The number of nitrogens with zero attached hydrogens (tertiary/aromatic N) is 4. The van der Waals surface area contributed by atoms with E-state index in [1.165, 1.54) is 0 Å². The minimum absolute atomic E-state index is 0.528. The number of anilines is 1. The minimum Gasteiger partial charge on any atom is -0.358 e. The fourth-order valence-electron chi connectivity index (χ4n) is 4.64. The number of aryl methyl sites for hydroxylation is 1. The molecule has 0 aliphatic rings. The highest BCUT2D eigenvalue weighted by atomic mass is 15.1. The number of fused-ring (bicyclic) bond motifs is 1. The van der Waals surface area contributed by atoms with Gasteiger partial charge in [0.05, 0.1) is 34.5 Å². The first-order valence-corrected chi connectivity index (χ1v) is 13.1. The number of nitrogens with one attached hydrogen (secondary N) is 3. The van der Waals surface area contributed by atoms with Crippen LogP contribution in [0.3, 0.4) is 0 Å². The predicted octanol–water partition coefficient (Wildman–Crippen LogP) is 7.70. The summed E-state index contributed by atoms with van der Waals surface area (Å²) in [6.07, 6.45) is 12.5. The Morgan fingerprint density at radius 3 is 2.77 bits per heavy atom. The van der Waals surface area contributed by atoms with E-state index >= 15 is 0 Å². The van der Waals surface area contributed by atoms with Gasteiger partial charge in [-0.1, -0.05) is 44.7 Å². The maximum absolute atomic E-state index is 5.00. The number of H-pyrrole nitrogens is 2. The zero-order valence-electron chi connectivity index (χ0n) is 22.8. The highest BCUT2D eigenvalue weighted by molar-refractivity contribution is 5.92. The molecule has 0 saturated carbocycles. The highest BCUT2D eigenvalue weighted by Crippen LogP contribution is 2.33. The third kappa shape index (κ3) is 5.72. The smallest absolute Gasteiger partial charge is 0.135 e. The summed E-state index contributed by atoms with van der Waals surface area (Å²) in [5.74, 6) is 0.528. The van der Waals surface area contributed by atoms with Crippen LogP contribution in [0.25, 0.3) is 39.3 Å². The normalized spacial score (nSPS) is 12.1. The van der Waals surface area contributed by atoms with Crippen LogP contribution in [0.15, 0.2) is 91.6 Å². The first-order chi connectivity index (χ1) is 18.9. The van der Waals surface area contributed by atoms with Gasteiger partial charge in [-0.3, -0.25) is 15.1 Å². The maximum atomic E-state index is 5.00. The molecule has 0 spiro atoms. The van der Waals surface area contributed by atoms with Gasteiger partial charge < -0.3 is 10.3 Å². The third-order valence-corrected chi connectivity index (χ3v) is 6.37. The molecule has 0 amide bonds. The lowest BCUT2D eigenvalue weighted by Gasteiger charge is -2.12. The van der Waals surface area contributed by atoms with Crippen molar-refractivity contribution in [3.05, 3.63) is 109 Å². The number of rotatable bonds is 9. The molecule has 7 heteroatoms. The Balaban J connectivity index is 1.51. The second kappa shape index (κ2) is 11.3. The summed E-state index contributed by atoms with van der Waals surface area (Å²) in [5, 5.41) is 11.1. The average molecular weight is 516 g/mol. The Kier molecular flexibility index (Phi) is 7.50. The summed E-state index contributed by atoms with van der Waals surface area (Å²) in [7, 11) is 0. The average Bonchev–Trinajstić information content (AvgIpc) is 3.52. The van der Waals surface area contributed by atoms with Crippen molar-refractivity contribution in [3.8, 4) is 22.6 Å². The van der Waals surface area contributed by atoms with Gasteiger partial charge in [0.1, 0.15) is 11.2 Å². The van der Waals surface area contributed by atoms with E-state index < -0.39 is 0 Å². The summed E-state index contributed by atoms with van der Waals surface area (Å²) in [6, 6.07) is 14.1. The maximum Gasteiger partial charge on any atom is 0.135 e. The van der Waals surface area contributed by atoms with E-state index in [2.05, 4.69) is 76.0 Å². The molecular formula is C32H33N7. The molecule has 39 heavy (non-hydrogen) atoms. The Labute approximate surface area is 228 Å². The van der Waals surface area contributed by atoms with Gasteiger partial charge in [-0.05, 0) is 62.6 Å². The van der Waals surface area contributed by atoms with Gasteiger partial charge in [0.2, 0.25) is 0 Å². The highest BCUT2D eigenvalue weighted by Gasteiger charge is 2.18. The van der Waals surface area contributed by atoms with Gasteiger partial charge in [0.25, 0.3) is 0 Å². The lowest BCUT2D eigenvalue weighted by molar-refractivity contribution is 0.645. The van der Waals surface area contributed by atoms with E-state index in [0.717, 1.165) is 74.0 Å². The molecule has 0 atom stereocenters. The Morgan fingerprint density at radius 2 is 2.00 bits per heavy atom. The molecule has 0 fully saturated rings. The molecule has 3 N–H and O–H groups in total. The van der Waals surface area contributed by atoms with Crippen LogP contribution in [0.2, 0.25) is 0 Å². The van der Waals surface area contributed by atoms with Crippen molar-refractivity contribution in [2.24, 2.45) is 5.92 Å². The molecule has 5 aromatic heterocycles. The van der Waals surface area contributed by atoms with Crippen molar-refractivity contribution in [1.82, 2.24) is 30.1 Å². The van der Waals surface area contributed by atoms with E-state index in [1.54, 1.807) is 6.20 Å². The van der Waals surface area contributed by atoms with Gasteiger partial charge in [-0.2, -0.15) is 5.10 Å². The molecule has 0 radical (unpaired) electrons. The van der Waals surface area contributed by atoms with Crippen molar-refractivity contribution >= 4 is 22.3 Å². The van der Waals surface area contributed by atoms with E-state index in [0.29, 0.717) is 5.92 Å². The van der Waals surface area contributed by atoms with E-state index in [-0.39, 0.29) is 0 Å². The van der Waals surface area contributed by atoms with Crippen LogP contribution in [0, 0.1) is 12.8 Å². The minimum atomic E-state index is 0.528. The molecule has 0 unspecified atom stereocenters. The number of hydrogen-bond donors (Lipinski definition) is 3. The summed E-state index contributed by atoms with van der Waals surface area (Å²) >= 11 is 0. The van der Waals surface area contributed by atoms with E-state index in [1.807, 2.05) is 61.8 Å². The van der Waals surface area contributed by atoms with Crippen LogP contribution in [-0.2, 0) is 0 Å². The molecule has 5 rings (SSSR count). The van der Waals surface area contributed by atoms with Crippen LogP contribution in [-0.4, -0.2) is 30.1 Å². The number of pyridine rings is 3. The Hall–Kier alpha value is -4.78. The number of aromatic nitrogens is 6. The van der Waals surface area contributed by atoms with Gasteiger partial charge in [0.15, 0.2) is 0 Å². The molecule has 0 saturated heterocycles. The van der Waals surface area contributed by atoms with E-state index in [9.17, 15) is 0 Å². The van der Waals surface area contributed by atoms with Crippen LogP contribution < -0.4 is 5.32 Å². The second-order valence-electron chi connectivity index (χ2n) is 10.00. The second-order valence-corrected chi connectivity index (χ2v) is 10.00. The van der Waals surface area contributed by atoms with Crippen LogP contribution in [0.5, 0.6) is 0 Å². The summed E-state index contributed by atoms with van der Waals surface area (Å²) in [6.45, 7) is 12.6. The Morgan fingerprint density at radius 1 is 1.13 bits per heavy atom. The molecule has 5 aromatic rings. The molecule has 5 heterocycles. The Bertz CT molecular complexity index is 1670.